The second kappa shape index (κ2) is 6.80. The summed E-state index contributed by atoms with van der Waals surface area (Å²) in [5, 5.41) is 2.94. The molecular weight excluding hydrogens is 264 g/mol. The number of hydrogen-bond donors (Lipinski definition) is 1. The van der Waals surface area contributed by atoms with Gasteiger partial charge < -0.3 is 10.2 Å². The summed E-state index contributed by atoms with van der Waals surface area (Å²) in [5.74, 6) is 0.512. The lowest BCUT2D eigenvalue weighted by Crippen LogP contribution is -2.68. The van der Waals surface area contributed by atoms with Crippen LogP contribution in [0.15, 0.2) is 0 Å². The van der Waals surface area contributed by atoms with Crippen molar-refractivity contribution in [2.45, 2.75) is 85.9 Å². The highest BCUT2D eigenvalue weighted by Crippen LogP contribution is 2.30. The van der Waals surface area contributed by atoms with Crippen LogP contribution in [0.2, 0.25) is 0 Å². The van der Waals surface area contributed by atoms with Gasteiger partial charge in [0.05, 0.1) is 0 Å². The van der Waals surface area contributed by atoms with E-state index < -0.39 is 6.04 Å². The average molecular weight is 296 g/mol. The highest BCUT2D eigenvalue weighted by Gasteiger charge is 2.46. The molecule has 4 heteroatoms. The Balaban J connectivity index is 3.15. The predicted octanol–water partition coefficient (Wildman–Crippen LogP) is 2.96. The normalized spacial score (nSPS) is 25.2. The number of nitrogens with zero attached hydrogens (tertiary/aromatic N) is 1. The lowest BCUT2D eigenvalue weighted by Gasteiger charge is -2.47. The molecule has 0 spiro atoms. The molecule has 1 heterocycles. The van der Waals surface area contributed by atoms with E-state index in [0.717, 1.165) is 12.8 Å². The molecule has 2 amide bonds. The zero-order valence-corrected chi connectivity index (χ0v) is 14.7. The Hall–Kier alpha value is -1.06. The molecule has 0 aromatic carbocycles. The van der Waals surface area contributed by atoms with Crippen molar-refractivity contribution in [2.24, 2.45) is 11.3 Å². The van der Waals surface area contributed by atoms with Crippen LogP contribution in [0.5, 0.6) is 0 Å². The first-order valence-electron chi connectivity index (χ1n) is 8.31. The van der Waals surface area contributed by atoms with Crippen LogP contribution in [0.25, 0.3) is 0 Å². The Kier molecular flexibility index (Phi) is 5.83. The number of carbonyl (C=O) groups excluding carboxylic acids is 2. The molecular formula is C17H32N2O2. The van der Waals surface area contributed by atoms with E-state index in [-0.39, 0.29) is 29.3 Å². The zero-order valence-electron chi connectivity index (χ0n) is 14.7. The van der Waals surface area contributed by atoms with E-state index in [9.17, 15) is 9.59 Å². The van der Waals surface area contributed by atoms with Crippen molar-refractivity contribution in [3.8, 4) is 0 Å². The molecule has 0 aliphatic carbocycles. The lowest BCUT2D eigenvalue weighted by atomic mass is 9.82. The van der Waals surface area contributed by atoms with E-state index >= 15 is 0 Å². The van der Waals surface area contributed by atoms with Gasteiger partial charge in [-0.2, -0.15) is 0 Å². The van der Waals surface area contributed by atoms with Gasteiger partial charge in [0.15, 0.2) is 0 Å². The quantitative estimate of drug-likeness (QED) is 0.848. The van der Waals surface area contributed by atoms with Crippen LogP contribution in [0.1, 0.15) is 67.7 Å². The molecule has 21 heavy (non-hydrogen) atoms. The lowest BCUT2D eigenvalue weighted by molar-refractivity contribution is -0.156. The van der Waals surface area contributed by atoms with Gasteiger partial charge in [0.1, 0.15) is 12.1 Å². The third kappa shape index (κ3) is 3.58. The van der Waals surface area contributed by atoms with Crippen LogP contribution in [0, 0.1) is 11.3 Å². The third-order valence-electron chi connectivity index (χ3n) is 4.85. The fraction of sp³-hybridized carbons (Fsp3) is 0.882. The van der Waals surface area contributed by atoms with Crippen molar-refractivity contribution in [3.05, 3.63) is 0 Å². The molecule has 1 N–H and O–H groups in total. The molecule has 0 saturated carbocycles. The van der Waals surface area contributed by atoms with Gasteiger partial charge in [-0.3, -0.25) is 9.59 Å². The van der Waals surface area contributed by atoms with Crippen molar-refractivity contribution in [2.75, 3.05) is 0 Å². The highest BCUT2D eigenvalue weighted by atomic mass is 16.2. The molecule has 122 valence electrons. The summed E-state index contributed by atoms with van der Waals surface area (Å²) >= 11 is 0. The summed E-state index contributed by atoms with van der Waals surface area (Å²) in [6.45, 7) is 14.4. The molecule has 0 aromatic heterocycles. The second-order valence-corrected chi connectivity index (χ2v) is 7.29. The molecule has 0 radical (unpaired) electrons. The van der Waals surface area contributed by atoms with Crippen molar-refractivity contribution in [3.63, 3.8) is 0 Å². The summed E-state index contributed by atoms with van der Waals surface area (Å²) < 4.78 is 0. The first-order chi connectivity index (χ1) is 9.68. The maximum atomic E-state index is 13.0. The molecule has 1 saturated heterocycles. The first kappa shape index (κ1) is 18.0. The van der Waals surface area contributed by atoms with Gasteiger partial charge in [0, 0.05) is 6.04 Å². The second-order valence-electron chi connectivity index (χ2n) is 7.29. The number of piperazine rings is 1. The van der Waals surface area contributed by atoms with Gasteiger partial charge >= 0.3 is 0 Å². The van der Waals surface area contributed by atoms with Crippen LogP contribution in [-0.2, 0) is 9.59 Å². The molecule has 3 unspecified atom stereocenters. The molecule has 3 atom stereocenters. The SMILES string of the molecule is CCC(CC)C(C)N1C(=O)C(C(C)(C)C)NC(=O)C1CC. The monoisotopic (exact) mass is 296 g/mol. The Morgan fingerprint density at radius 2 is 1.67 bits per heavy atom. The third-order valence-corrected chi connectivity index (χ3v) is 4.85. The molecule has 1 aliphatic heterocycles. The van der Waals surface area contributed by atoms with Gasteiger partial charge in [0.2, 0.25) is 11.8 Å². The highest BCUT2D eigenvalue weighted by molar-refractivity contribution is 5.97. The summed E-state index contributed by atoms with van der Waals surface area (Å²) in [6.07, 6.45) is 2.72. The number of rotatable bonds is 5. The maximum Gasteiger partial charge on any atom is 0.246 e. The smallest absolute Gasteiger partial charge is 0.246 e. The van der Waals surface area contributed by atoms with Crippen LogP contribution in [-0.4, -0.2) is 34.8 Å². The Morgan fingerprint density at radius 3 is 2.05 bits per heavy atom. The van der Waals surface area contributed by atoms with E-state index in [1.165, 1.54) is 0 Å². The van der Waals surface area contributed by atoms with E-state index in [1.54, 1.807) is 0 Å². The summed E-state index contributed by atoms with van der Waals surface area (Å²) in [4.78, 5) is 27.3. The standard InChI is InChI=1S/C17H32N2O2/c1-8-12(9-2)11(4)19-13(10-3)15(20)18-14(16(19)21)17(5,6)7/h11-14H,8-10H2,1-7H3,(H,18,20). The Morgan fingerprint density at radius 1 is 1.14 bits per heavy atom. The van der Waals surface area contributed by atoms with Gasteiger partial charge in [-0.25, -0.2) is 0 Å². The molecule has 1 fully saturated rings. The Bertz CT molecular complexity index is 383. The van der Waals surface area contributed by atoms with Gasteiger partial charge in [0.25, 0.3) is 0 Å². The summed E-state index contributed by atoms with van der Waals surface area (Å²) in [7, 11) is 0. The van der Waals surface area contributed by atoms with Crippen LogP contribution >= 0.6 is 0 Å². The molecule has 1 aliphatic rings. The minimum Gasteiger partial charge on any atom is -0.342 e. The number of hydrogen-bond acceptors (Lipinski definition) is 2. The average Bonchev–Trinajstić information content (AvgIpc) is 2.40. The fourth-order valence-corrected chi connectivity index (χ4v) is 3.38. The minimum atomic E-state index is -0.426. The number of carbonyl (C=O) groups is 2. The summed E-state index contributed by atoms with van der Waals surface area (Å²) in [6, 6.07) is -0.648. The van der Waals surface area contributed by atoms with Crippen molar-refractivity contribution >= 4 is 11.8 Å². The maximum absolute atomic E-state index is 13.0. The van der Waals surface area contributed by atoms with E-state index in [0.29, 0.717) is 12.3 Å². The van der Waals surface area contributed by atoms with Gasteiger partial charge in [-0.1, -0.05) is 54.4 Å². The van der Waals surface area contributed by atoms with Crippen molar-refractivity contribution in [1.29, 1.82) is 0 Å². The fourth-order valence-electron chi connectivity index (χ4n) is 3.38. The minimum absolute atomic E-state index is 0.00479. The van der Waals surface area contributed by atoms with Crippen molar-refractivity contribution < 1.29 is 9.59 Å². The number of nitrogens with one attached hydrogen (secondary N) is 1. The molecule has 0 bridgehead atoms. The van der Waals surface area contributed by atoms with E-state index in [4.69, 9.17) is 0 Å². The summed E-state index contributed by atoms with van der Waals surface area (Å²) in [5.41, 5.74) is -0.267. The molecule has 1 rings (SSSR count). The van der Waals surface area contributed by atoms with E-state index in [1.807, 2.05) is 32.6 Å². The first-order valence-corrected chi connectivity index (χ1v) is 8.31. The van der Waals surface area contributed by atoms with Crippen LogP contribution < -0.4 is 5.32 Å². The number of amides is 2. The predicted molar refractivity (Wildman–Crippen MR) is 85.8 cm³/mol. The van der Waals surface area contributed by atoms with Gasteiger partial charge in [-0.15, -0.1) is 0 Å². The largest absolute Gasteiger partial charge is 0.342 e. The topological polar surface area (TPSA) is 49.4 Å². The Labute approximate surface area is 129 Å². The van der Waals surface area contributed by atoms with Gasteiger partial charge in [-0.05, 0) is 24.7 Å². The molecule has 4 nitrogen and oxygen atoms in total. The van der Waals surface area contributed by atoms with Crippen LogP contribution in [0.3, 0.4) is 0 Å². The van der Waals surface area contributed by atoms with E-state index in [2.05, 4.69) is 26.1 Å². The zero-order chi connectivity index (χ0) is 16.4. The molecule has 0 aromatic rings. The van der Waals surface area contributed by atoms with Crippen LogP contribution in [0.4, 0.5) is 0 Å². The van der Waals surface area contributed by atoms with Crippen molar-refractivity contribution in [1.82, 2.24) is 10.2 Å².